The van der Waals surface area contributed by atoms with Gasteiger partial charge in [-0.2, -0.15) is 4.98 Å². The molecule has 0 spiro atoms. The molecule has 6 nitrogen and oxygen atoms in total. The molecule has 0 radical (unpaired) electrons. The number of carbonyl (C=O) groups is 1. The van der Waals surface area contributed by atoms with Crippen molar-refractivity contribution in [2.75, 3.05) is 0 Å². The third kappa shape index (κ3) is 3.30. The van der Waals surface area contributed by atoms with E-state index in [9.17, 15) is 4.79 Å². The van der Waals surface area contributed by atoms with Gasteiger partial charge in [-0.1, -0.05) is 35.8 Å². The van der Waals surface area contributed by atoms with Crippen LogP contribution < -0.4 is 11.3 Å². The van der Waals surface area contributed by atoms with Crippen molar-refractivity contribution >= 4 is 17.5 Å². The second kappa shape index (κ2) is 5.81. The van der Waals surface area contributed by atoms with Gasteiger partial charge in [0.05, 0.1) is 0 Å². The Balaban J connectivity index is 2.17. The van der Waals surface area contributed by atoms with Gasteiger partial charge < -0.3 is 4.52 Å². The maximum atomic E-state index is 11.2. The lowest BCUT2D eigenvalue weighted by Gasteiger charge is -2.03. The fourth-order valence-electron chi connectivity index (χ4n) is 1.60. The fraction of sp³-hybridized carbons (Fsp3) is 0.250. The monoisotopic (exact) mass is 280 g/mol. The third-order valence-corrected chi connectivity index (χ3v) is 2.83. The van der Waals surface area contributed by atoms with Crippen LogP contribution >= 0.6 is 11.6 Å². The molecule has 3 N–H and O–H groups in total. The van der Waals surface area contributed by atoms with E-state index in [4.69, 9.17) is 22.0 Å². The van der Waals surface area contributed by atoms with Crippen molar-refractivity contribution in [2.24, 2.45) is 5.84 Å². The van der Waals surface area contributed by atoms with Gasteiger partial charge in [0.25, 0.3) is 0 Å². The van der Waals surface area contributed by atoms with Crippen LogP contribution in [0.2, 0.25) is 5.02 Å². The first-order chi connectivity index (χ1) is 9.10. The molecule has 1 atom stereocenters. The van der Waals surface area contributed by atoms with Crippen LogP contribution in [0.1, 0.15) is 25.2 Å². The van der Waals surface area contributed by atoms with Gasteiger partial charge in [0, 0.05) is 22.9 Å². The molecule has 7 heteroatoms. The van der Waals surface area contributed by atoms with Gasteiger partial charge in [-0.05, 0) is 12.1 Å². The Morgan fingerprint density at radius 1 is 1.58 bits per heavy atom. The van der Waals surface area contributed by atoms with Crippen molar-refractivity contribution in [1.82, 2.24) is 15.6 Å². The van der Waals surface area contributed by atoms with Crippen molar-refractivity contribution < 1.29 is 9.32 Å². The average molecular weight is 281 g/mol. The normalized spacial score (nSPS) is 12.2. The van der Waals surface area contributed by atoms with Crippen LogP contribution in [0.3, 0.4) is 0 Å². The molecule has 100 valence electrons. The van der Waals surface area contributed by atoms with E-state index in [0.717, 1.165) is 5.56 Å². The summed E-state index contributed by atoms with van der Waals surface area (Å²) in [5.74, 6) is 5.37. The number of halogens is 1. The summed E-state index contributed by atoms with van der Waals surface area (Å²) >= 11 is 5.90. The highest BCUT2D eigenvalue weighted by atomic mass is 35.5. The van der Waals surface area contributed by atoms with Crippen LogP contribution in [0.15, 0.2) is 28.8 Å². The fourth-order valence-corrected chi connectivity index (χ4v) is 1.79. The summed E-state index contributed by atoms with van der Waals surface area (Å²) in [5.41, 5.74) is 2.83. The summed E-state index contributed by atoms with van der Waals surface area (Å²) in [6.45, 7) is 1.81. The minimum Gasteiger partial charge on any atom is -0.339 e. The molecule has 1 unspecified atom stereocenters. The average Bonchev–Trinajstić information content (AvgIpc) is 2.88. The zero-order valence-corrected chi connectivity index (χ0v) is 11.0. The lowest BCUT2D eigenvalue weighted by molar-refractivity contribution is -0.121. The van der Waals surface area contributed by atoms with E-state index in [-0.39, 0.29) is 18.2 Å². The molecule has 0 bridgehead atoms. The quantitative estimate of drug-likeness (QED) is 0.506. The molecule has 0 fully saturated rings. The number of benzene rings is 1. The summed E-state index contributed by atoms with van der Waals surface area (Å²) in [6.07, 6.45) is 0.188. The van der Waals surface area contributed by atoms with E-state index < -0.39 is 0 Å². The lowest BCUT2D eigenvalue weighted by atomic mass is 10.1. The molecular formula is C12H13ClN4O2. The highest BCUT2D eigenvalue weighted by Crippen LogP contribution is 2.23. The Labute approximate surface area is 114 Å². The maximum Gasteiger partial charge on any atom is 0.234 e. The van der Waals surface area contributed by atoms with E-state index in [1.165, 1.54) is 0 Å². The summed E-state index contributed by atoms with van der Waals surface area (Å²) in [7, 11) is 0. The van der Waals surface area contributed by atoms with Gasteiger partial charge in [0.1, 0.15) is 0 Å². The van der Waals surface area contributed by atoms with Crippen molar-refractivity contribution in [3.8, 4) is 11.4 Å². The predicted octanol–water partition coefficient (Wildman–Crippen LogP) is 1.87. The van der Waals surface area contributed by atoms with Gasteiger partial charge >= 0.3 is 0 Å². The van der Waals surface area contributed by atoms with E-state index in [0.29, 0.717) is 16.7 Å². The summed E-state index contributed by atoms with van der Waals surface area (Å²) in [6, 6.07) is 7.14. The van der Waals surface area contributed by atoms with Gasteiger partial charge in [0.15, 0.2) is 0 Å². The molecule has 2 aromatic rings. The maximum absolute atomic E-state index is 11.2. The third-order valence-electron chi connectivity index (χ3n) is 2.60. The SMILES string of the molecule is CC(CC(=O)NN)c1nc(-c2cccc(Cl)c2)no1. The van der Waals surface area contributed by atoms with Crippen LogP contribution in [0.25, 0.3) is 11.4 Å². The van der Waals surface area contributed by atoms with Crippen LogP contribution in [0, 0.1) is 0 Å². The molecule has 0 aliphatic carbocycles. The molecular weight excluding hydrogens is 268 g/mol. The van der Waals surface area contributed by atoms with Crippen molar-refractivity contribution in [1.29, 1.82) is 0 Å². The standard InChI is InChI=1S/C12H13ClN4O2/c1-7(5-10(18)16-14)12-15-11(17-19-12)8-3-2-4-9(13)6-8/h2-4,6-7H,5,14H2,1H3,(H,16,18). The number of hydrazine groups is 1. The van der Waals surface area contributed by atoms with Crippen molar-refractivity contribution in [3.05, 3.63) is 35.2 Å². The number of rotatable bonds is 4. The first kappa shape index (κ1) is 13.5. The predicted molar refractivity (Wildman–Crippen MR) is 70.1 cm³/mol. The van der Waals surface area contributed by atoms with Crippen LogP contribution in [0.4, 0.5) is 0 Å². The topological polar surface area (TPSA) is 94.0 Å². The molecule has 1 amide bonds. The van der Waals surface area contributed by atoms with Gasteiger partial charge in [-0.15, -0.1) is 0 Å². The Kier molecular flexibility index (Phi) is 4.13. The molecule has 1 aromatic heterocycles. The van der Waals surface area contributed by atoms with E-state index in [1.54, 1.807) is 18.2 Å². The second-order valence-corrected chi connectivity index (χ2v) is 4.58. The minimum absolute atomic E-state index is 0.188. The number of amides is 1. The first-order valence-electron chi connectivity index (χ1n) is 5.69. The molecule has 0 aliphatic rings. The number of nitrogens with one attached hydrogen (secondary N) is 1. The Morgan fingerprint density at radius 3 is 3.05 bits per heavy atom. The highest BCUT2D eigenvalue weighted by Gasteiger charge is 2.18. The van der Waals surface area contributed by atoms with Gasteiger partial charge in [-0.3, -0.25) is 10.2 Å². The van der Waals surface area contributed by atoms with Crippen LogP contribution in [-0.4, -0.2) is 16.0 Å². The Morgan fingerprint density at radius 2 is 2.37 bits per heavy atom. The molecule has 1 aromatic carbocycles. The van der Waals surface area contributed by atoms with E-state index in [1.807, 2.05) is 13.0 Å². The van der Waals surface area contributed by atoms with Crippen molar-refractivity contribution in [2.45, 2.75) is 19.3 Å². The number of hydrogen-bond donors (Lipinski definition) is 2. The molecule has 19 heavy (non-hydrogen) atoms. The molecule has 0 saturated carbocycles. The molecule has 0 saturated heterocycles. The van der Waals surface area contributed by atoms with E-state index in [2.05, 4.69) is 15.6 Å². The first-order valence-corrected chi connectivity index (χ1v) is 6.07. The number of nitrogens with two attached hydrogens (primary N) is 1. The second-order valence-electron chi connectivity index (χ2n) is 4.14. The Hall–Kier alpha value is -1.92. The molecule has 2 rings (SSSR count). The Bertz CT molecular complexity index is 585. The number of hydrogen-bond acceptors (Lipinski definition) is 5. The number of carbonyl (C=O) groups excluding carboxylic acids is 1. The molecule has 0 aliphatic heterocycles. The largest absolute Gasteiger partial charge is 0.339 e. The number of aromatic nitrogens is 2. The lowest BCUT2D eigenvalue weighted by Crippen LogP contribution is -2.30. The summed E-state index contributed by atoms with van der Waals surface area (Å²) in [4.78, 5) is 15.4. The highest BCUT2D eigenvalue weighted by molar-refractivity contribution is 6.30. The smallest absolute Gasteiger partial charge is 0.234 e. The van der Waals surface area contributed by atoms with E-state index >= 15 is 0 Å². The summed E-state index contributed by atoms with van der Waals surface area (Å²) < 4.78 is 5.14. The van der Waals surface area contributed by atoms with Crippen LogP contribution in [-0.2, 0) is 4.79 Å². The van der Waals surface area contributed by atoms with Crippen molar-refractivity contribution in [3.63, 3.8) is 0 Å². The van der Waals surface area contributed by atoms with Gasteiger partial charge in [0.2, 0.25) is 17.6 Å². The van der Waals surface area contributed by atoms with Gasteiger partial charge in [-0.25, -0.2) is 5.84 Å². The number of nitrogens with zero attached hydrogens (tertiary/aromatic N) is 2. The zero-order valence-electron chi connectivity index (χ0n) is 10.3. The minimum atomic E-state index is -0.282. The molecule has 1 heterocycles. The zero-order chi connectivity index (χ0) is 13.8. The van der Waals surface area contributed by atoms with Crippen LogP contribution in [0.5, 0.6) is 0 Å². The summed E-state index contributed by atoms with van der Waals surface area (Å²) in [5, 5.41) is 4.47.